The zero-order chi connectivity index (χ0) is 19.6. The second kappa shape index (κ2) is 9.84. The molecule has 0 saturated heterocycles. The van der Waals surface area contributed by atoms with E-state index in [2.05, 4.69) is 15.6 Å². The van der Waals surface area contributed by atoms with Crippen LogP contribution < -0.4 is 15.4 Å². The highest BCUT2D eigenvalue weighted by molar-refractivity contribution is 5.93. The van der Waals surface area contributed by atoms with Crippen LogP contribution in [-0.4, -0.2) is 30.0 Å². The number of benzene rings is 2. The summed E-state index contributed by atoms with van der Waals surface area (Å²) in [7, 11) is 0. The summed E-state index contributed by atoms with van der Waals surface area (Å²) in [6.45, 7) is -0.480. The van der Waals surface area contributed by atoms with Crippen LogP contribution in [0.15, 0.2) is 79.0 Å². The second-order valence-corrected chi connectivity index (χ2v) is 5.74. The van der Waals surface area contributed by atoms with E-state index in [1.165, 1.54) is 0 Å². The molecule has 0 aliphatic carbocycles. The predicted octanol–water partition coefficient (Wildman–Crippen LogP) is 3.47. The first-order chi connectivity index (χ1) is 13.7. The Morgan fingerprint density at radius 3 is 2.07 bits per heavy atom. The van der Waals surface area contributed by atoms with Crippen molar-refractivity contribution in [1.29, 1.82) is 0 Å². The minimum atomic E-state index is -0.381. The lowest BCUT2D eigenvalue weighted by molar-refractivity contribution is -0.125. The summed E-state index contributed by atoms with van der Waals surface area (Å²) >= 11 is 0. The predicted molar refractivity (Wildman–Crippen MR) is 105 cm³/mol. The number of anilines is 2. The van der Waals surface area contributed by atoms with Gasteiger partial charge in [0.25, 0.3) is 5.91 Å². The Labute approximate surface area is 162 Å². The molecule has 2 N–H and O–H groups in total. The van der Waals surface area contributed by atoms with Crippen LogP contribution in [0.5, 0.6) is 11.5 Å². The van der Waals surface area contributed by atoms with Gasteiger partial charge in [-0.2, -0.15) is 0 Å². The van der Waals surface area contributed by atoms with Gasteiger partial charge in [-0.1, -0.05) is 24.3 Å². The first-order valence-corrected chi connectivity index (χ1v) is 8.60. The van der Waals surface area contributed by atoms with Crippen molar-refractivity contribution in [3.63, 3.8) is 0 Å². The Morgan fingerprint density at radius 2 is 1.39 bits per heavy atom. The fourth-order valence-corrected chi connectivity index (χ4v) is 2.28. The van der Waals surface area contributed by atoms with E-state index >= 15 is 0 Å². The maximum Gasteiger partial charge on any atom is 0.251 e. The molecule has 0 spiro atoms. The van der Waals surface area contributed by atoms with Crippen molar-refractivity contribution in [2.75, 3.05) is 23.8 Å². The van der Waals surface area contributed by atoms with Gasteiger partial charge in [0.2, 0.25) is 5.91 Å². The molecule has 0 unspecified atom stereocenters. The smallest absolute Gasteiger partial charge is 0.251 e. The number of nitrogens with one attached hydrogen (secondary N) is 2. The molecule has 0 aliphatic heterocycles. The van der Waals surface area contributed by atoms with Crippen LogP contribution in [-0.2, 0) is 14.3 Å². The van der Waals surface area contributed by atoms with Gasteiger partial charge in [0.05, 0.1) is 0 Å². The summed E-state index contributed by atoms with van der Waals surface area (Å²) in [5, 5.41) is 5.26. The molecule has 7 nitrogen and oxygen atoms in total. The van der Waals surface area contributed by atoms with E-state index in [4.69, 9.17) is 9.47 Å². The third kappa shape index (κ3) is 6.22. The number of hydrogen-bond donors (Lipinski definition) is 2. The van der Waals surface area contributed by atoms with Crippen molar-refractivity contribution in [3.05, 3.63) is 79.0 Å². The number of amides is 2. The van der Waals surface area contributed by atoms with Crippen molar-refractivity contribution in [2.45, 2.75) is 0 Å². The van der Waals surface area contributed by atoms with E-state index in [9.17, 15) is 9.59 Å². The standard InChI is InChI=1S/C21H19N3O4/c25-20(14-27-15-21(26)24-19-8-4-5-13-22-19)23-16-9-11-18(12-10-16)28-17-6-2-1-3-7-17/h1-13H,14-15H2,(H,23,25)(H,22,24,26). The van der Waals surface area contributed by atoms with Crippen LogP contribution in [0.3, 0.4) is 0 Å². The lowest BCUT2D eigenvalue weighted by Gasteiger charge is -2.08. The molecule has 2 amide bonds. The number of carbonyl (C=O) groups excluding carboxylic acids is 2. The molecule has 0 bridgehead atoms. The van der Waals surface area contributed by atoms with Gasteiger partial charge in [-0.25, -0.2) is 4.98 Å². The lowest BCUT2D eigenvalue weighted by atomic mass is 10.3. The molecule has 1 heterocycles. The minimum absolute atomic E-state index is 0.238. The summed E-state index contributed by atoms with van der Waals surface area (Å²) in [6, 6.07) is 21.5. The van der Waals surface area contributed by atoms with Crippen LogP contribution in [0.2, 0.25) is 0 Å². The van der Waals surface area contributed by atoms with E-state index in [0.717, 1.165) is 5.75 Å². The van der Waals surface area contributed by atoms with Gasteiger partial charge >= 0.3 is 0 Å². The molecule has 0 radical (unpaired) electrons. The number of carbonyl (C=O) groups is 2. The topological polar surface area (TPSA) is 89.6 Å². The number of rotatable bonds is 8. The van der Waals surface area contributed by atoms with E-state index < -0.39 is 0 Å². The molecule has 0 saturated carbocycles. The number of hydrogen-bond acceptors (Lipinski definition) is 5. The Morgan fingerprint density at radius 1 is 0.750 bits per heavy atom. The van der Waals surface area contributed by atoms with Gasteiger partial charge in [0, 0.05) is 11.9 Å². The normalized spacial score (nSPS) is 10.1. The van der Waals surface area contributed by atoms with Gasteiger partial charge < -0.3 is 20.1 Å². The quantitative estimate of drug-likeness (QED) is 0.627. The van der Waals surface area contributed by atoms with Gasteiger partial charge in [-0.3, -0.25) is 9.59 Å². The zero-order valence-corrected chi connectivity index (χ0v) is 15.0. The summed E-state index contributed by atoms with van der Waals surface area (Å²) < 4.78 is 10.8. The van der Waals surface area contributed by atoms with Crippen LogP contribution in [0.1, 0.15) is 0 Å². The van der Waals surface area contributed by atoms with E-state index in [1.54, 1.807) is 48.7 Å². The molecule has 28 heavy (non-hydrogen) atoms. The lowest BCUT2D eigenvalue weighted by Crippen LogP contribution is -2.24. The molecule has 7 heteroatoms. The molecular formula is C21H19N3O4. The molecular weight excluding hydrogens is 358 g/mol. The van der Waals surface area contributed by atoms with Crippen molar-refractivity contribution in [1.82, 2.24) is 4.98 Å². The average Bonchev–Trinajstić information content (AvgIpc) is 2.71. The third-order valence-corrected chi connectivity index (χ3v) is 3.52. The SMILES string of the molecule is O=C(COCC(=O)Nc1ccccn1)Nc1ccc(Oc2ccccc2)cc1. The van der Waals surface area contributed by atoms with E-state index in [0.29, 0.717) is 17.3 Å². The van der Waals surface area contributed by atoms with Crippen LogP contribution in [0.4, 0.5) is 11.5 Å². The Hall–Kier alpha value is -3.71. The number of aromatic nitrogens is 1. The number of pyridine rings is 1. The maximum absolute atomic E-state index is 11.9. The van der Waals surface area contributed by atoms with Gasteiger partial charge in [0.1, 0.15) is 30.5 Å². The van der Waals surface area contributed by atoms with Gasteiger partial charge in [-0.15, -0.1) is 0 Å². The number of nitrogens with zero attached hydrogens (tertiary/aromatic N) is 1. The summed E-state index contributed by atoms with van der Waals surface area (Å²) in [6.07, 6.45) is 1.57. The summed E-state index contributed by atoms with van der Waals surface area (Å²) in [5.41, 5.74) is 0.604. The Kier molecular flexibility index (Phi) is 6.70. The molecule has 3 rings (SSSR count). The molecule has 0 atom stereocenters. The molecule has 1 aromatic heterocycles. The van der Waals surface area contributed by atoms with Gasteiger partial charge in [0.15, 0.2) is 0 Å². The van der Waals surface area contributed by atoms with Crippen molar-refractivity contribution < 1.29 is 19.1 Å². The molecule has 2 aromatic carbocycles. The summed E-state index contributed by atoms with van der Waals surface area (Å²) in [4.78, 5) is 27.6. The highest BCUT2D eigenvalue weighted by Crippen LogP contribution is 2.22. The Bertz CT molecular complexity index is 900. The number of para-hydroxylation sites is 1. The average molecular weight is 377 g/mol. The highest BCUT2D eigenvalue weighted by Gasteiger charge is 2.07. The summed E-state index contributed by atoms with van der Waals surface area (Å²) in [5.74, 6) is 1.08. The first-order valence-electron chi connectivity index (χ1n) is 8.60. The maximum atomic E-state index is 11.9. The fourth-order valence-electron chi connectivity index (χ4n) is 2.28. The fraction of sp³-hybridized carbons (Fsp3) is 0.0952. The van der Waals surface area contributed by atoms with E-state index in [-0.39, 0.29) is 25.0 Å². The molecule has 0 fully saturated rings. The monoisotopic (exact) mass is 377 g/mol. The van der Waals surface area contributed by atoms with Crippen molar-refractivity contribution >= 4 is 23.3 Å². The third-order valence-electron chi connectivity index (χ3n) is 3.52. The molecule has 142 valence electrons. The van der Waals surface area contributed by atoms with Crippen LogP contribution >= 0.6 is 0 Å². The molecule has 0 aliphatic rings. The van der Waals surface area contributed by atoms with Crippen molar-refractivity contribution in [2.24, 2.45) is 0 Å². The van der Waals surface area contributed by atoms with Crippen LogP contribution in [0, 0.1) is 0 Å². The van der Waals surface area contributed by atoms with Crippen molar-refractivity contribution in [3.8, 4) is 11.5 Å². The van der Waals surface area contributed by atoms with Gasteiger partial charge in [-0.05, 0) is 48.5 Å². The van der Waals surface area contributed by atoms with Crippen LogP contribution in [0.25, 0.3) is 0 Å². The largest absolute Gasteiger partial charge is 0.457 e. The van der Waals surface area contributed by atoms with E-state index in [1.807, 2.05) is 30.3 Å². The minimum Gasteiger partial charge on any atom is -0.457 e. The Balaban J connectivity index is 1.39. The highest BCUT2D eigenvalue weighted by atomic mass is 16.5. The zero-order valence-electron chi connectivity index (χ0n) is 15.0. The number of ether oxygens (including phenoxy) is 2. The first kappa shape index (κ1) is 19.1. The molecule has 3 aromatic rings. The second-order valence-electron chi connectivity index (χ2n) is 5.74.